The maximum atomic E-state index is 11.9. The first-order valence-electron chi connectivity index (χ1n) is 5.82. The number of fused-ring (bicyclic) bond motifs is 1. The number of rotatable bonds is 5. The molecule has 1 unspecified atom stereocenters. The predicted octanol–water partition coefficient (Wildman–Crippen LogP) is 1.67. The van der Waals surface area contributed by atoms with Crippen LogP contribution in [0.5, 0.6) is 0 Å². The van der Waals surface area contributed by atoms with Crippen molar-refractivity contribution in [2.24, 2.45) is 0 Å². The summed E-state index contributed by atoms with van der Waals surface area (Å²) in [4.78, 5) is 14.9. The van der Waals surface area contributed by atoms with Gasteiger partial charge in [0.25, 0.3) is 5.91 Å². The Morgan fingerprint density at radius 2 is 2.22 bits per heavy atom. The molecule has 0 saturated carbocycles. The Hall–Kier alpha value is -1.62. The summed E-state index contributed by atoms with van der Waals surface area (Å²) >= 11 is 0. The number of hydrogen-bond donors (Lipinski definition) is 2. The normalized spacial score (nSPS) is 12.5. The lowest BCUT2D eigenvalue weighted by Crippen LogP contribution is -2.25. The third-order valence-electron chi connectivity index (χ3n) is 2.71. The number of carbonyl (C=O) groups is 1. The van der Waals surface area contributed by atoms with Crippen LogP contribution in [0.3, 0.4) is 0 Å². The van der Waals surface area contributed by atoms with Gasteiger partial charge >= 0.3 is 0 Å². The molecule has 0 aliphatic rings. The van der Waals surface area contributed by atoms with Crippen LogP contribution in [0, 0.1) is 0 Å². The molecule has 2 N–H and O–H groups in total. The number of H-pyrrole nitrogens is 1. The van der Waals surface area contributed by atoms with Crippen molar-refractivity contribution in [3.8, 4) is 0 Å². The van der Waals surface area contributed by atoms with Gasteiger partial charge in [-0.05, 0) is 30.7 Å². The van der Waals surface area contributed by atoms with E-state index < -0.39 is 10.8 Å². The van der Waals surface area contributed by atoms with E-state index in [0.29, 0.717) is 17.9 Å². The van der Waals surface area contributed by atoms with Crippen molar-refractivity contribution in [1.29, 1.82) is 0 Å². The van der Waals surface area contributed by atoms with Crippen molar-refractivity contribution >= 4 is 27.6 Å². The highest BCUT2D eigenvalue weighted by Gasteiger charge is 2.06. The van der Waals surface area contributed by atoms with E-state index in [1.807, 2.05) is 24.4 Å². The molecule has 1 aromatic heterocycles. The number of aromatic amines is 1. The fraction of sp³-hybridized carbons (Fsp3) is 0.308. The Morgan fingerprint density at radius 3 is 3.00 bits per heavy atom. The number of nitrogens with one attached hydrogen (secondary N) is 2. The van der Waals surface area contributed by atoms with Gasteiger partial charge in [-0.25, -0.2) is 0 Å². The molecular weight excluding hydrogens is 248 g/mol. The number of hydrogen-bond acceptors (Lipinski definition) is 2. The van der Waals surface area contributed by atoms with Crippen LogP contribution in [0.2, 0.25) is 0 Å². The van der Waals surface area contributed by atoms with Crippen molar-refractivity contribution in [3.05, 3.63) is 36.0 Å². The summed E-state index contributed by atoms with van der Waals surface area (Å²) in [6, 6.07) is 7.49. The lowest BCUT2D eigenvalue weighted by atomic mass is 10.1. The van der Waals surface area contributed by atoms with Gasteiger partial charge in [-0.1, -0.05) is 0 Å². The van der Waals surface area contributed by atoms with Crippen LogP contribution in [-0.2, 0) is 10.8 Å². The zero-order valence-corrected chi connectivity index (χ0v) is 11.0. The highest BCUT2D eigenvalue weighted by atomic mass is 32.2. The van der Waals surface area contributed by atoms with E-state index in [-0.39, 0.29) is 5.91 Å². The summed E-state index contributed by atoms with van der Waals surface area (Å²) in [5, 5.41) is 3.85. The molecule has 0 fully saturated rings. The van der Waals surface area contributed by atoms with E-state index in [9.17, 15) is 9.00 Å². The average Bonchev–Trinajstić information content (AvgIpc) is 2.81. The molecular formula is C13H16N2O2S. The van der Waals surface area contributed by atoms with Crippen molar-refractivity contribution in [3.63, 3.8) is 0 Å². The molecule has 0 radical (unpaired) electrons. The van der Waals surface area contributed by atoms with Crippen molar-refractivity contribution in [2.75, 3.05) is 18.6 Å². The van der Waals surface area contributed by atoms with Gasteiger partial charge in [0, 0.05) is 52.0 Å². The van der Waals surface area contributed by atoms with E-state index in [4.69, 9.17) is 0 Å². The number of carbonyl (C=O) groups excluding carboxylic acids is 1. The molecule has 1 aromatic carbocycles. The zero-order valence-electron chi connectivity index (χ0n) is 10.2. The van der Waals surface area contributed by atoms with Crippen LogP contribution in [-0.4, -0.2) is 33.7 Å². The summed E-state index contributed by atoms with van der Waals surface area (Å²) in [6.45, 7) is 0.559. The fourth-order valence-corrected chi connectivity index (χ4v) is 2.32. The van der Waals surface area contributed by atoms with Crippen LogP contribution < -0.4 is 5.32 Å². The van der Waals surface area contributed by atoms with Crippen LogP contribution in [0.15, 0.2) is 30.5 Å². The van der Waals surface area contributed by atoms with Gasteiger partial charge in [-0.3, -0.25) is 9.00 Å². The minimum Gasteiger partial charge on any atom is -0.361 e. The monoisotopic (exact) mass is 264 g/mol. The smallest absolute Gasteiger partial charge is 0.251 e. The lowest BCUT2D eigenvalue weighted by molar-refractivity contribution is 0.0954. The average molecular weight is 264 g/mol. The minimum atomic E-state index is -0.793. The molecule has 1 amide bonds. The van der Waals surface area contributed by atoms with E-state index in [2.05, 4.69) is 10.3 Å². The van der Waals surface area contributed by atoms with E-state index in [1.54, 1.807) is 12.3 Å². The predicted molar refractivity (Wildman–Crippen MR) is 74.2 cm³/mol. The lowest BCUT2D eigenvalue weighted by Gasteiger charge is -2.04. The molecule has 0 bridgehead atoms. The molecule has 5 heteroatoms. The Kier molecular flexibility index (Phi) is 4.15. The molecule has 0 saturated heterocycles. The fourth-order valence-electron chi connectivity index (χ4n) is 1.77. The SMILES string of the molecule is CS(=O)CCCNC(=O)c1ccc2[nH]ccc2c1. The van der Waals surface area contributed by atoms with E-state index in [0.717, 1.165) is 17.3 Å². The number of amides is 1. The van der Waals surface area contributed by atoms with Gasteiger partial charge in [0.1, 0.15) is 0 Å². The highest BCUT2D eigenvalue weighted by molar-refractivity contribution is 7.84. The van der Waals surface area contributed by atoms with Gasteiger partial charge < -0.3 is 10.3 Å². The topological polar surface area (TPSA) is 62.0 Å². The molecule has 4 nitrogen and oxygen atoms in total. The molecule has 0 aliphatic heterocycles. The summed E-state index contributed by atoms with van der Waals surface area (Å²) in [6.07, 6.45) is 4.26. The van der Waals surface area contributed by atoms with Crippen LogP contribution in [0.25, 0.3) is 10.9 Å². The Morgan fingerprint density at radius 1 is 1.39 bits per heavy atom. The molecule has 1 heterocycles. The standard InChI is InChI=1S/C13H16N2O2S/c1-18(17)8-2-6-15-13(16)11-3-4-12-10(9-11)5-7-14-12/h3-5,7,9,14H,2,6,8H2,1H3,(H,15,16). The second-order valence-electron chi connectivity index (χ2n) is 4.17. The zero-order chi connectivity index (χ0) is 13.0. The maximum Gasteiger partial charge on any atom is 0.251 e. The second-order valence-corrected chi connectivity index (χ2v) is 5.72. The number of aromatic nitrogens is 1. The van der Waals surface area contributed by atoms with Gasteiger partial charge in [0.15, 0.2) is 0 Å². The maximum absolute atomic E-state index is 11.9. The largest absolute Gasteiger partial charge is 0.361 e. The van der Waals surface area contributed by atoms with Crippen molar-refractivity contribution < 1.29 is 9.00 Å². The van der Waals surface area contributed by atoms with Gasteiger partial charge in [-0.2, -0.15) is 0 Å². The molecule has 96 valence electrons. The molecule has 2 rings (SSSR count). The first kappa shape index (κ1) is 12.8. The Balaban J connectivity index is 1.93. The summed E-state index contributed by atoms with van der Waals surface area (Å²) < 4.78 is 10.9. The molecule has 2 aromatic rings. The first-order chi connectivity index (χ1) is 8.66. The van der Waals surface area contributed by atoms with Crippen LogP contribution in [0.1, 0.15) is 16.8 Å². The molecule has 0 spiro atoms. The first-order valence-corrected chi connectivity index (χ1v) is 7.55. The van der Waals surface area contributed by atoms with Gasteiger partial charge in [0.05, 0.1) is 0 Å². The minimum absolute atomic E-state index is 0.0833. The van der Waals surface area contributed by atoms with Gasteiger partial charge in [0.2, 0.25) is 0 Å². The van der Waals surface area contributed by atoms with Gasteiger partial charge in [-0.15, -0.1) is 0 Å². The molecule has 0 aliphatic carbocycles. The van der Waals surface area contributed by atoms with Crippen molar-refractivity contribution in [1.82, 2.24) is 10.3 Å². The van der Waals surface area contributed by atoms with Crippen LogP contribution in [0.4, 0.5) is 0 Å². The Bertz CT molecular complexity index is 577. The summed E-state index contributed by atoms with van der Waals surface area (Å²) in [5.74, 6) is 0.539. The quantitative estimate of drug-likeness (QED) is 0.807. The highest BCUT2D eigenvalue weighted by Crippen LogP contribution is 2.14. The molecule has 1 atom stereocenters. The van der Waals surface area contributed by atoms with E-state index >= 15 is 0 Å². The van der Waals surface area contributed by atoms with Crippen molar-refractivity contribution in [2.45, 2.75) is 6.42 Å². The van der Waals surface area contributed by atoms with Crippen LogP contribution >= 0.6 is 0 Å². The summed E-state index contributed by atoms with van der Waals surface area (Å²) in [7, 11) is -0.793. The summed E-state index contributed by atoms with van der Waals surface area (Å²) in [5.41, 5.74) is 1.67. The van der Waals surface area contributed by atoms with E-state index in [1.165, 1.54) is 0 Å². The number of benzene rings is 1. The molecule has 18 heavy (non-hydrogen) atoms. The third kappa shape index (κ3) is 3.20. The Labute approximate surface area is 108 Å². The third-order valence-corrected chi connectivity index (χ3v) is 3.57. The second kappa shape index (κ2) is 5.82.